The predicted molar refractivity (Wildman–Crippen MR) is 57.0 cm³/mol. The molecule has 0 aromatic heterocycles. The molecule has 0 amide bonds. The lowest BCUT2D eigenvalue weighted by Crippen LogP contribution is -2.19. The highest BCUT2D eigenvalue weighted by Crippen LogP contribution is 2.25. The number of nitrogens with two attached hydrogens (primary N) is 1. The largest absolute Gasteiger partial charge is 0.508 e. The van der Waals surface area contributed by atoms with Crippen LogP contribution in [0.5, 0.6) is 5.75 Å². The summed E-state index contributed by atoms with van der Waals surface area (Å²) in [7, 11) is 0. The molecule has 1 aromatic carbocycles. The van der Waals surface area contributed by atoms with E-state index >= 15 is 0 Å². The second kappa shape index (κ2) is 3.88. The van der Waals surface area contributed by atoms with Gasteiger partial charge in [0.25, 0.3) is 0 Å². The zero-order valence-corrected chi connectivity index (χ0v) is 8.24. The first-order valence-electron chi connectivity index (χ1n) is 5.06. The van der Waals surface area contributed by atoms with Gasteiger partial charge in [-0.1, -0.05) is 6.07 Å². The van der Waals surface area contributed by atoms with Crippen molar-refractivity contribution in [2.45, 2.75) is 19.4 Å². The molecule has 0 saturated carbocycles. The van der Waals surface area contributed by atoms with Crippen molar-refractivity contribution in [2.75, 3.05) is 18.8 Å². The monoisotopic (exact) mass is 192 g/mol. The number of aromatic hydroxyl groups is 1. The summed E-state index contributed by atoms with van der Waals surface area (Å²) in [5, 5.41) is 9.65. The average molecular weight is 192 g/mol. The number of rotatable bonds is 2. The SMILES string of the molecule is Nc1cccc(O)c1CN1CCCC1. The van der Waals surface area contributed by atoms with Crippen LogP contribution in [0.3, 0.4) is 0 Å². The van der Waals surface area contributed by atoms with Crippen LogP contribution in [-0.4, -0.2) is 23.1 Å². The van der Waals surface area contributed by atoms with Gasteiger partial charge >= 0.3 is 0 Å². The zero-order chi connectivity index (χ0) is 9.97. The van der Waals surface area contributed by atoms with Gasteiger partial charge in [-0.15, -0.1) is 0 Å². The molecule has 1 aliphatic rings. The third-order valence-electron chi connectivity index (χ3n) is 2.77. The normalized spacial score (nSPS) is 17.4. The van der Waals surface area contributed by atoms with Gasteiger partial charge in [-0.2, -0.15) is 0 Å². The van der Waals surface area contributed by atoms with Crippen LogP contribution >= 0.6 is 0 Å². The summed E-state index contributed by atoms with van der Waals surface area (Å²) in [4.78, 5) is 2.32. The highest BCUT2D eigenvalue weighted by molar-refractivity contribution is 5.53. The van der Waals surface area contributed by atoms with E-state index in [0.29, 0.717) is 11.4 Å². The van der Waals surface area contributed by atoms with Crippen molar-refractivity contribution in [2.24, 2.45) is 0 Å². The Labute approximate surface area is 84.1 Å². The van der Waals surface area contributed by atoms with Crippen LogP contribution in [0, 0.1) is 0 Å². The van der Waals surface area contributed by atoms with Gasteiger partial charge in [-0.25, -0.2) is 0 Å². The van der Waals surface area contributed by atoms with Gasteiger partial charge in [0.2, 0.25) is 0 Å². The van der Waals surface area contributed by atoms with E-state index < -0.39 is 0 Å². The minimum Gasteiger partial charge on any atom is -0.508 e. The second-order valence-electron chi connectivity index (χ2n) is 3.83. The quantitative estimate of drug-likeness (QED) is 0.699. The van der Waals surface area contributed by atoms with Crippen molar-refractivity contribution >= 4 is 5.69 Å². The van der Waals surface area contributed by atoms with Crippen LogP contribution in [0.2, 0.25) is 0 Å². The molecule has 14 heavy (non-hydrogen) atoms. The summed E-state index contributed by atoms with van der Waals surface area (Å²) < 4.78 is 0. The lowest BCUT2D eigenvalue weighted by molar-refractivity contribution is 0.325. The second-order valence-corrected chi connectivity index (χ2v) is 3.83. The number of phenolic OH excluding ortho intramolecular Hbond substituents is 1. The Morgan fingerprint density at radius 1 is 1.29 bits per heavy atom. The maximum Gasteiger partial charge on any atom is 0.122 e. The number of nitrogen functional groups attached to an aromatic ring is 1. The van der Waals surface area contributed by atoms with Crippen LogP contribution in [0.1, 0.15) is 18.4 Å². The Kier molecular flexibility index (Phi) is 2.59. The van der Waals surface area contributed by atoms with Crippen molar-refractivity contribution in [1.82, 2.24) is 4.90 Å². The van der Waals surface area contributed by atoms with Gasteiger partial charge in [-0.05, 0) is 38.1 Å². The summed E-state index contributed by atoms with van der Waals surface area (Å²) in [6.45, 7) is 3.01. The van der Waals surface area contributed by atoms with E-state index in [1.165, 1.54) is 12.8 Å². The Hall–Kier alpha value is -1.22. The van der Waals surface area contributed by atoms with E-state index in [1.54, 1.807) is 12.1 Å². The first kappa shape index (κ1) is 9.34. The minimum absolute atomic E-state index is 0.317. The van der Waals surface area contributed by atoms with E-state index in [0.717, 1.165) is 25.2 Å². The molecule has 3 nitrogen and oxygen atoms in total. The van der Waals surface area contributed by atoms with Crippen LogP contribution in [0.4, 0.5) is 5.69 Å². The summed E-state index contributed by atoms with van der Waals surface area (Å²) >= 11 is 0. The molecular weight excluding hydrogens is 176 g/mol. The van der Waals surface area contributed by atoms with Crippen molar-refractivity contribution in [3.05, 3.63) is 23.8 Å². The highest BCUT2D eigenvalue weighted by Gasteiger charge is 2.14. The number of likely N-dealkylation sites (tertiary alicyclic amines) is 1. The Morgan fingerprint density at radius 3 is 2.64 bits per heavy atom. The molecule has 0 spiro atoms. The lowest BCUT2D eigenvalue weighted by atomic mass is 10.1. The molecule has 0 unspecified atom stereocenters. The molecule has 0 atom stereocenters. The first-order valence-corrected chi connectivity index (χ1v) is 5.06. The van der Waals surface area contributed by atoms with Crippen molar-refractivity contribution in [3.8, 4) is 5.75 Å². The van der Waals surface area contributed by atoms with Crippen molar-refractivity contribution < 1.29 is 5.11 Å². The molecule has 1 saturated heterocycles. The number of anilines is 1. The maximum atomic E-state index is 9.65. The fourth-order valence-electron chi connectivity index (χ4n) is 1.93. The molecule has 1 aromatic rings. The molecule has 3 N–H and O–H groups in total. The molecule has 1 heterocycles. The molecule has 0 radical (unpaired) electrons. The van der Waals surface area contributed by atoms with Crippen molar-refractivity contribution in [1.29, 1.82) is 0 Å². The lowest BCUT2D eigenvalue weighted by Gasteiger charge is -2.16. The Morgan fingerprint density at radius 2 is 2.00 bits per heavy atom. The maximum absolute atomic E-state index is 9.65. The summed E-state index contributed by atoms with van der Waals surface area (Å²) in [6, 6.07) is 5.31. The molecule has 2 rings (SSSR count). The molecule has 1 fully saturated rings. The van der Waals surface area contributed by atoms with Crippen LogP contribution in [0.15, 0.2) is 18.2 Å². The van der Waals surface area contributed by atoms with Gasteiger partial charge in [0, 0.05) is 17.8 Å². The molecule has 1 aliphatic heterocycles. The number of hydrogen-bond donors (Lipinski definition) is 2. The summed E-state index contributed by atoms with van der Waals surface area (Å²) in [6.07, 6.45) is 2.51. The number of hydrogen-bond acceptors (Lipinski definition) is 3. The van der Waals surface area contributed by atoms with E-state index in [4.69, 9.17) is 5.73 Å². The smallest absolute Gasteiger partial charge is 0.122 e. The first-order chi connectivity index (χ1) is 6.77. The molecule has 3 heteroatoms. The molecule has 76 valence electrons. The molecular formula is C11H16N2O. The average Bonchev–Trinajstić information content (AvgIpc) is 2.64. The van der Waals surface area contributed by atoms with E-state index in [9.17, 15) is 5.11 Å². The van der Waals surface area contributed by atoms with Crippen LogP contribution < -0.4 is 5.73 Å². The zero-order valence-electron chi connectivity index (χ0n) is 8.24. The van der Waals surface area contributed by atoms with E-state index in [1.807, 2.05) is 6.07 Å². The van der Waals surface area contributed by atoms with Crippen LogP contribution in [-0.2, 0) is 6.54 Å². The Balaban J connectivity index is 2.14. The van der Waals surface area contributed by atoms with Gasteiger partial charge in [0.1, 0.15) is 5.75 Å². The van der Waals surface area contributed by atoms with Crippen molar-refractivity contribution in [3.63, 3.8) is 0 Å². The predicted octanol–water partition coefficient (Wildman–Crippen LogP) is 1.57. The summed E-state index contributed by atoms with van der Waals surface area (Å²) in [5.74, 6) is 0.317. The topological polar surface area (TPSA) is 49.5 Å². The van der Waals surface area contributed by atoms with E-state index in [2.05, 4.69) is 4.90 Å². The third-order valence-corrected chi connectivity index (χ3v) is 2.77. The van der Waals surface area contributed by atoms with Gasteiger partial charge in [0.15, 0.2) is 0 Å². The van der Waals surface area contributed by atoms with Gasteiger partial charge < -0.3 is 10.8 Å². The van der Waals surface area contributed by atoms with Crippen LogP contribution in [0.25, 0.3) is 0 Å². The van der Waals surface area contributed by atoms with Gasteiger partial charge in [-0.3, -0.25) is 4.90 Å². The Bertz CT molecular complexity index is 299. The third kappa shape index (κ3) is 1.82. The van der Waals surface area contributed by atoms with E-state index in [-0.39, 0.29) is 0 Å². The molecule has 0 aliphatic carbocycles. The summed E-state index contributed by atoms with van der Waals surface area (Å²) in [5.41, 5.74) is 7.37. The fourth-order valence-corrected chi connectivity index (χ4v) is 1.93. The van der Waals surface area contributed by atoms with Gasteiger partial charge in [0.05, 0.1) is 0 Å². The fraction of sp³-hybridized carbons (Fsp3) is 0.455. The molecule has 0 bridgehead atoms. The highest BCUT2D eigenvalue weighted by atomic mass is 16.3. The number of phenols is 1. The number of nitrogens with zero attached hydrogens (tertiary/aromatic N) is 1. The number of benzene rings is 1. The standard InChI is InChI=1S/C11H16N2O/c12-10-4-3-5-11(14)9(10)8-13-6-1-2-7-13/h3-5,14H,1-2,6-8,12H2. The minimum atomic E-state index is 0.317.